The van der Waals surface area contributed by atoms with Gasteiger partial charge in [0.2, 0.25) is 0 Å². The summed E-state index contributed by atoms with van der Waals surface area (Å²) in [4.78, 5) is 0. The van der Waals surface area contributed by atoms with E-state index in [4.69, 9.17) is 0 Å². The molecular formula is C12H11N7. The van der Waals surface area contributed by atoms with Gasteiger partial charge >= 0.3 is 0 Å². The summed E-state index contributed by atoms with van der Waals surface area (Å²) in [6, 6.07) is 11.6. The summed E-state index contributed by atoms with van der Waals surface area (Å²) in [5.41, 5.74) is 2.64. The number of benzene rings is 1. The van der Waals surface area contributed by atoms with Gasteiger partial charge in [-0.05, 0) is 34.7 Å². The van der Waals surface area contributed by atoms with Crippen molar-refractivity contribution in [3.63, 3.8) is 0 Å². The Balaban J connectivity index is 1.98. The molecule has 7 nitrogen and oxygen atoms in total. The molecule has 3 rings (SSSR count). The van der Waals surface area contributed by atoms with E-state index in [0.29, 0.717) is 0 Å². The van der Waals surface area contributed by atoms with Gasteiger partial charge in [0.15, 0.2) is 0 Å². The number of hydrogen-bond acceptors (Lipinski definition) is 6. The highest BCUT2D eigenvalue weighted by atomic mass is 15.5. The number of hydrogen-bond donors (Lipinski definition) is 1. The minimum absolute atomic E-state index is 0.736. The highest BCUT2D eigenvalue weighted by molar-refractivity contribution is 5.62. The Labute approximate surface area is 109 Å². The third-order valence-electron chi connectivity index (χ3n) is 2.68. The molecule has 0 aliphatic heterocycles. The largest absolute Gasteiger partial charge is 0.372 e. The Kier molecular flexibility index (Phi) is 2.85. The monoisotopic (exact) mass is 253 g/mol. The second kappa shape index (κ2) is 4.81. The number of rotatable bonds is 3. The van der Waals surface area contributed by atoms with Gasteiger partial charge in [-0.2, -0.15) is 0 Å². The van der Waals surface area contributed by atoms with Gasteiger partial charge in [-0.25, -0.2) is 4.68 Å². The molecule has 7 heteroatoms. The van der Waals surface area contributed by atoms with Gasteiger partial charge in [-0.3, -0.25) is 0 Å². The molecule has 0 radical (unpaired) electrons. The lowest BCUT2D eigenvalue weighted by Gasteiger charge is -2.04. The van der Waals surface area contributed by atoms with E-state index in [1.165, 1.54) is 0 Å². The molecule has 1 N–H and O–H groups in total. The second-order valence-electron chi connectivity index (χ2n) is 3.86. The van der Waals surface area contributed by atoms with Crippen LogP contribution < -0.4 is 5.32 Å². The normalized spacial score (nSPS) is 10.4. The van der Waals surface area contributed by atoms with Crippen LogP contribution in [0.3, 0.4) is 0 Å². The second-order valence-corrected chi connectivity index (χ2v) is 3.86. The topological polar surface area (TPSA) is 81.4 Å². The molecule has 0 aliphatic rings. The molecule has 0 atom stereocenters. The predicted octanol–water partition coefficient (Wildman–Crippen LogP) is 1.16. The fraction of sp³-hybridized carbons (Fsp3) is 0.0833. The minimum atomic E-state index is 0.736. The average molecular weight is 253 g/mol. The number of tetrazole rings is 1. The highest BCUT2D eigenvalue weighted by Gasteiger charge is 2.03. The first kappa shape index (κ1) is 11.3. The van der Waals surface area contributed by atoms with Gasteiger partial charge in [0, 0.05) is 12.6 Å². The maximum absolute atomic E-state index is 4.17. The van der Waals surface area contributed by atoms with E-state index in [-0.39, 0.29) is 0 Å². The van der Waals surface area contributed by atoms with Crippen molar-refractivity contribution < 1.29 is 0 Å². The molecule has 2 aromatic heterocycles. The van der Waals surface area contributed by atoms with Gasteiger partial charge in [0.1, 0.15) is 12.1 Å². The van der Waals surface area contributed by atoms with Crippen LogP contribution in [0.15, 0.2) is 42.7 Å². The number of aromatic nitrogens is 6. The molecule has 19 heavy (non-hydrogen) atoms. The number of anilines is 1. The van der Waals surface area contributed by atoms with Crippen molar-refractivity contribution in [2.24, 2.45) is 0 Å². The lowest BCUT2D eigenvalue weighted by molar-refractivity contribution is 0.789. The van der Waals surface area contributed by atoms with Crippen LogP contribution in [0, 0.1) is 0 Å². The highest BCUT2D eigenvalue weighted by Crippen LogP contribution is 2.19. The first-order chi connectivity index (χ1) is 9.36. The van der Waals surface area contributed by atoms with Crippen molar-refractivity contribution in [1.29, 1.82) is 0 Å². The summed E-state index contributed by atoms with van der Waals surface area (Å²) in [5, 5.41) is 22.3. The summed E-state index contributed by atoms with van der Waals surface area (Å²) in [5.74, 6) is 0.736. The van der Waals surface area contributed by atoms with E-state index < -0.39 is 0 Å². The van der Waals surface area contributed by atoms with Gasteiger partial charge in [0.05, 0.1) is 11.4 Å². The molecule has 0 saturated carbocycles. The van der Waals surface area contributed by atoms with Crippen LogP contribution in [0.1, 0.15) is 0 Å². The van der Waals surface area contributed by atoms with Crippen molar-refractivity contribution in [3.8, 4) is 16.9 Å². The third kappa shape index (κ3) is 2.25. The quantitative estimate of drug-likeness (QED) is 0.754. The zero-order chi connectivity index (χ0) is 13.1. The Hall–Kier alpha value is -2.83. The molecule has 0 amide bonds. The zero-order valence-corrected chi connectivity index (χ0v) is 10.2. The van der Waals surface area contributed by atoms with Crippen LogP contribution in [-0.2, 0) is 0 Å². The molecule has 0 unspecified atom stereocenters. The Morgan fingerprint density at radius 2 is 2.05 bits per heavy atom. The van der Waals surface area contributed by atoms with Crippen molar-refractivity contribution in [2.75, 3.05) is 12.4 Å². The molecule has 3 aromatic rings. The number of nitrogens with zero attached hydrogens (tertiary/aromatic N) is 6. The van der Waals surface area contributed by atoms with E-state index >= 15 is 0 Å². The van der Waals surface area contributed by atoms with Crippen molar-refractivity contribution >= 4 is 5.82 Å². The van der Waals surface area contributed by atoms with Gasteiger partial charge in [-0.1, -0.05) is 12.1 Å². The van der Waals surface area contributed by atoms with Gasteiger partial charge in [-0.15, -0.1) is 15.3 Å². The third-order valence-corrected chi connectivity index (χ3v) is 2.68. The summed E-state index contributed by atoms with van der Waals surface area (Å²) in [6.07, 6.45) is 1.55. The van der Waals surface area contributed by atoms with Crippen LogP contribution in [-0.4, -0.2) is 37.5 Å². The summed E-state index contributed by atoms with van der Waals surface area (Å²) < 4.78 is 1.60. The van der Waals surface area contributed by atoms with Crippen molar-refractivity contribution in [3.05, 3.63) is 42.7 Å². The van der Waals surface area contributed by atoms with Gasteiger partial charge in [0.25, 0.3) is 0 Å². The van der Waals surface area contributed by atoms with Crippen molar-refractivity contribution in [1.82, 2.24) is 30.4 Å². The lowest BCUT2D eigenvalue weighted by atomic mass is 10.1. The Morgan fingerprint density at radius 1 is 1.11 bits per heavy atom. The van der Waals surface area contributed by atoms with E-state index in [1.807, 2.05) is 43.4 Å². The van der Waals surface area contributed by atoms with E-state index in [9.17, 15) is 0 Å². The molecule has 0 bridgehead atoms. The molecule has 0 aliphatic carbocycles. The fourth-order valence-electron chi connectivity index (χ4n) is 1.71. The molecule has 0 fully saturated rings. The first-order valence-electron chi connectivity index (χ1n) is 5.72. The van der Waals surface area contributed by atoms with E-state index in [2.05, 4.69) is 31.0 Å². The molecular weight excluding hydrogens is 242 g/mol. The van der Waals surface area contributed by atoms with E-state index in [1.54, 1.807) is 11.0 Å². The number of nitrogens with one attached hydrogen (secondary N) is 1. The molecule has 0 saturated heterocycles. The Bertz CT molecular complexity index is 661. The average Bonchev–Trinajstić information content (AvgIpc) is 3.02. The van der Waals surface area contributed by atoms with Crippen LogP contribution in [0.5, 0.6) is 0 Å². The van der Waals surface area contributed by atoms with Crippen LogP contribution in [0.2, 0.25) is 0 Å². The Morgan fingerprint density at radius 3 is 2.74 bits per heavy atom. The lowest BCUT2D eigenvalue weighted by Crippen LogP contribution is -1.97. The molecule has 94 valence electrons. The van der Waals surface area contributed by atoms with Gasteiger partial charge < -0.3 is 5.32 Å². The molecule has 0 spiro atoms. The predicted molar refractivity (Wildman–Crippen MR) is 69.7 cm³/mol. The van der Waals surface area contributed by atoms with Crippen molar-refractivity contribution in [2.45, 2.75) is 0 Å². The maximum Gasteiger partial charge on any atom is 0.148 e. The molecule has 1 aromatic carbocycles. The maximum atomic E-state index is 4.17. The SMILES string of the molecule is CNc1ccc(-c2cccc(-n3cnnn3)c2)nn1. The summed E-state index contributed by atoms with van der Waals surface area (Å²) >= 11 is 0. The zero-order valence-electron chi connectivity index (χ0n) is 10.2. The first-order valence-corrected chi connectivity index (χ1v) is 5.72. The fourth-order valence-corrected chi connectivity index (χ4v) is 1.71. The van der Waals surface area contributed by atoms with Crippen LogP contribution in [0.4, 0.5) is 5.82 Å². The minimum Gasteiger partial charge on any atom is -0.372 e. The standard InChI is InChI=1S/C12H11N7/c1-13-12-6-5-11(15-16-12)9-3-2-4-10(7-9)19-8-14-17-18-19/h2-8H,1H3,(H,13,16). The smallest absolute Gasteiger partial charge is 0.148 e. The van der Waals surface area contributed by atoms with Crippen LogP contribution >= 0.6 is 0 Å². The molecule has 2 heterocycles. The summed E-state index contributed by atoms with van der Waals surface area (Å²) in [6.45, 7) is 0. The summed E-state index contributed by atoms with van der Waals surface area (Å²) in [7, 11) is 1.81. The van der Waals surface area contributed by atoms with Crippen LogP contribution in [0.25, 0.3) is 16.9 Å². The van der Waals surface area contributed by atoms with E-state index in [0.717, 1.165) is 22.8 Å².